The molecule has 18 heteroatoms. The van der Waals surface area contributed by atoms with Crippen LogP contribution in [-0.2, 0) is 42.7 Å². The summed E-state index contributed by atoms with van der Waals surface area (Å²) in [5.74, 6) is -1.09. The summed E-state index contributed by atoms with van der Waals surface area (Å²) >= 11 is 0. The van der Waals surface area contributed by atoms with Crippen LogP contribution in [0.1, 0.15) is 120 Å². The fourth-order valence-corrected chi connectivity index (χ4v) is 14.9. The lowest BCUT2D eigenvalue weighted by atomic mass is 9.33. The van der Waals surface area contributed by atoms with E-state index in [1.165, 1.54) is 5.57 Å². The molecule has 0 bridgehead atoms. The minimum atomic E-state index is -1.76. The minimum absolute atomic E-state index is 0.0215. The number of carbonyl (C=O) groups excluding carboxylic acids is 2. The summed E-state index contributed by atoms with van der Waals surface area (Å²) in [6.45, 7) is 16.6. The third kappa shape index (κ3) is 8.26. The average Bonchev–Trinajstić information content (AvgIpc) is 3.27. The van der Waals surface area contributed by atoms with Gasteiger partial charge < -0.3 is 79.1 Å². The number of aliphatic hydroxyl groups excluding tert-OH is 9. The number of carbonyl (C=O) groups is 2. The smallest absolute Gasteiger partial charge is 0.338 e. The Hall–Kier alpha value is -1.88. The summed E-state index contributed by atoms with van der Waals surface area (Å²) in [4.78, 5) is 28.0. The molecule has 0 aromatic heterocycles. The van der Waals surface area contributed by atoms with Gasteiger partial charge in [0.1, 0.15) is 61.0 Å². The molecule has 22 atom stereocenters. The first kappa shape index (κ1) is 51.5. The van der Waals surface area contributed by atoms with E-state index >= 15 is 0 Å². The molecule has 3 saturated heterocycles. The van der Waals surface area contributed by atoms with Gasteiger partial charge in [-0.25, -0.2) is 4.79 Å². The van der Waals surface area contributed by atoms with Crippen molar-refractivity contribution in [3.8, 4) is 0 Å². The van der Waals surface area contributed by atoms with Crippen LogP contribution in [0, 0.1) is 50.2 Å². The lowest BCUT2D eigenvalue weighted by molar-refractivity contribution is -0.355. The van der Waals surface area contributed by atoms with Gasteiger partial charge in [0, 0.05) is 0 Å². The second-order valence-electron chi connectivity index (χ2n) is 23.5. The molecule has 382 valence electrons. The maximum absolute atomic E-state index is 14.7. The predicted molar refractivity (Wildman–Crippen MR) is 234 cm³/mol. The first-order valence-corrected chi connectivity index (χ1v) is 24.7. The number of ether oxygens (including phenoxy) is 7. The van der Waals surface area contributed by atoms with Crippen molar-refractivity contribution in [2.24, 2.45) is 50.2 Å². The van der Waals surface area contributed by atoms with E-state index in [2.05, 4.69) is 54.5 Å². The van der Waals surface area contributed by atoms with Crippen molar-refractivity contribution in [2.75, 3.05) is 19.8 Å². The third-order valence-electron chi connectivity index (χ3n) is 19.2. The number of esters is 2. The maximum atomic E-state index is 14.7. The SMILES string of the molecule is CCOC(=O)[C@@H]1O[C@@H](O[C@@H]2CC[C@@]3(C)[C@H](CC[C@@]4(C)[C@H]3CC=C3[C@@H]5CC(C)(C)CC[C@]5(C(=O)O[C@H]5O[C@H](CO)[C@H](O)[C@H](O)[C@@H]5O)CC[C@@]34C)C2(C)C)[C@@H](O)[C@H](O)[C@@H]1O[C@H]1OC[C@@H](O)[C@@H](O)[C@@H]1O. The molecule has 0 unspecified atom stereocenters. The van der Waals surface area contributed by atoms with Gasteiger partial charge in [-0.3, -0.25) is 4.79 Å². The summed E-state index contributed by atoms with van der Waals surface area (Å²) in [6, 6.07) is 0. The van der Waals surface area contributed by atoms with Crippen molar-refractivity contribution < 1.29 is 88.7 Å². The lowest BCUT2D eigenvalue weighted by Crippen LogP contribution is -2.67. The van der Waals surface area contributed by atoms with Crippen molar-refractivity contribution in [1.82, 2.24) is 0 Å². The Morgan fingerprint density at radius 1 is 0.716 bits per heavy atom. The first-order chi connectivity index (χ1) is 31.3. The van der Waals surface area contributed by atoms with Crippen molar-refractivity contribution in [3.63, 3.8) is 0 Å². The van der Waals surface area contributed by atoms with Gasteiger partial charge in [-0.1, -0.05) is 60.1 Å². The summed E-state index contributed by atoms with van der Waals surface area (Å²) in [5, 5.41) is 95.4. The highest BCUT2D eigenvalue weighted by molar-refractivity contribution is 5.79. The molecule has 18 nitrogen and oxygen atoms in total. The molecule has 8 rings (SSSR count). The Kier molecular flexibility index (Phi) is 14.1. The van der Waals surface area contributed by atoms with E-state index in [9.17, 15) is 55.5 Å². The average molecular weight is 955 g/mol. The highest BCUT2D eigenvalue weighted by Gasteiger charge is 2.70. The lowest BCUT2D eigenvalue weighted by Gasteiger charge is -2.71. The molecule has 4 saturated carbocycles. The number of hydrogen-bond donors (Lipinski definition) is 9. The number of allylic oxidation sites excluding steroid dienone is 2. The largest absolute Gasteiger partial charge is 0.464 e. The highest BCUT2D eigenvalue weighted by Crippen LogP contribution is 2.76. The molecule has 9 N–H and O–H groups in total. The van der Waals surface area contributed by atoms with Gasteiger partial charge in [-0.05, 0) is 116 Å². The summed E-state index contributed by atoms with van der Waals surface area (Å²) < 4.78 is 40.9. The predicted octanol–water partition coefficient (Wildman–Crippen LogP) is 1.35. The van der Waals surface area contributed by atoms with Crippen LogP contribution >= 0.6 is 0 Å². The van der Waals surface area contributed by atoms with E-state index in [-0.39, 0.29) is 52.6 Å². The zero-order valence-electron chi connectivity index (χ0n) is 40.4. The van der Waals surface area contributed by atoms with Crippen molar-refractivity contribution in [3.05, 3.63) is 11.6 Å². The Morgan fingerprint density at radius 3 is 2.07 bits per heavy atom. The first-order valence-electron chi connectivity index (χ1n) is 24.7. The van der Waals surface area contributed by atoms with Crippen LogP contribution in [-0.4, -0.2) is 170 Å². The fourth-order valence-electron chi connectivity index (χ4n) is 14.9. The number of hydrogen-bond acceptors (Lipinski definition) is 18. The molecule has 7 fully saturated rings. The van der Waals surface area contributed by atoms with E-state index in [4.69, 9.17) is 33.2 Å². The van der Waals surface area contributed by atoms with Crippen molar-refractivity contribution >= 4 is 11.9 Å². The van der Waals surface area contributed by atoms with Gasteiger partial charge in [0.05, 0.1) is 31.3 Å². The number of fused-ring (bicyclic) bond motifs is 7. The van der Waals surface area contributed by atoms with Crippen LogP contribution in [0.2, 0.25) is 0 Å². The van der Waals surface area contributed by atoms with Gasteiger partial charge in [-0.2, -0.15) is 0 Å². The summed E-state index contributed by atoms with van der Waals surface area (Å²) in [7, 11) is 0. The third-order valence-corrected chi connectivity index (χ3v) is 19.2. The Bertz CT molecular complexity index is 1860. The second-order valence-corrected chi connectivity index (χ2v) is 23.5. The summed E-state index contributed by atoms with van der Waals surface area (Å²) in [5.41, 5.74) is -0.707. The fraction of sp³-hybridized carbons (Fsp3) is 0.918. The van der Waals surface area contributed by atoms with E-state index in [1.54, 1.807) is 6.92 Å². The van der Waals surface area contributed by atoms with Gasteiger partial charge in [0.25, 0.3) is 0 Å². The van der Waals surface area contributed by atoms with E-state index in [1.807, 2.05) is 0 Å². The molecule has 3 heterocycles. The highest BCUT2D eigenvalue weighted by atomic mass is 16.7. The van der Waals surface area contributed by atoms with Crippen LogP contribution in [0.15, 0.2) is 11.6 Å². The van der Waals surface area contributed by atoms with Crippen molar-refractivity contribution in [1.29, 1.82) is 0 Å². The van der Waals surface area contributed by atoms with Gasteiger partial charge >= 0.3 is 11.9 Å². The standard InChI is InChI=1S/C49H78O18/c1-9-61-39(59)38-37(65-40-34(56)30(52)25(51)22-62-40)33(55)36(58)42(66-38)64-29-13-14-46(6)27(45(29,4)5)12-15-48(8)28(46)11-10-23-24-20-44(2,3)16-18-49(24,19-17-47(23,48)7)43(60)67-41-35(57)32(54)31(53)26(21-50)63-41/h10,24-38,40-42,50-58H,9,11-22H2,1-8H3/t24-,25+,26+,27+,28-,29+,30+,31-,32-,33-,34-,35-,36-,37-,38+,40+,41+,42+,46-,47-,48-,49-/m0/s1. The van der Waals surface area contributed by atoms with Crippen LogP contribution in [0.4, 0.5) is 0 Å². The quantitative estimate of drug-likeness (QED) is 0.0896. The topological polar surface area (TPSA) is 281 Å². The van der Waals surface area contributed by atoms with Crippen LogP contribution in [0.3, 0.4) is 0 Å². The van der Waals surface area contributed by atoms with Gasteiger partial charge in [0.15, 0.2) is 18.7 Å². The van der Waals surface area contributed by atoms with E-state index in [0.717, 1.165) is 44.9 Å². The van der Waals surface area contributed by atoms with E-state index in [0.29, 0.717) is 19.3 Å². The molecule has 3 aliphatic heterocycles. The molecule has 8 aliphatic rings. The number of rotatable bonds is 9. The molecular formula is C49H78O18. The molecule has 0 amide bonds. The van der Waals surface area contributed by atoms with Crippen LogP contribution < -0.4 is 0 Å². The Labute approximate surface area is 393 Å². The maximum Gasteiger partial charge on any atom is 0.338 e. The molecule has 0 spiro atoms. The van der Waals surface area contributed by atoms with Crippen molar-refractivity contribution in [2.45, 2.75) is 212 Å². The minimum Gasteiger partial charge on any atom is -0.464 e. The van der Waals surface area contributed by atoms with Crippen LogP contribution in [0.25, 0.3) is 0 Å². The Morgan fingerprint density at radius 2 is 1.39 bits per heavy atom. The molecule has 5 aliphatic carbocycles. The molecule has 0 aromatic rings. The molecule has 0 radical (unpaired) electrons. The van der Waals surface area contributed by atoms with Crippen LogP contribution in [0.5, 0.6) is 0 Å². The zero-order chi connectivity index (χ0) is 49.0. The summed E-state index contributed by atoms with van der Waals surface area (Å²) in [6.07, 6.45) is -12.7. The number of aliphatic hydroxyl groups is 9. The van der Waals surface area contributed by atoms with E-state index < -0.39 is 121 Å². The molecule has 67 heavy (non-hydrogen) atoms. The molecular weight excluding hydrogens is 877 g/mol. The Balaban J connectivity index is 1.02. The van der Waals surface area contributed by atoms with Gasteiger partial charge in [-0.15, -0.1) is 0 Å². The zero-order valence-corrected chi connectivity index (χ0v) is 40.4. The second kappa shape index (κ2) is 18.3. The monoisotopic (exact) mass is 955 g/mol. The normalized spacial score (nSPS) is 51.4. The molecule has 0 aromatic carbocycles. The van der Waals surface area contributed by atoms with Gasteiger partial charge in [0.2, 0.25) is 6.29 Å².